The second-order valence-corrected chi connectivity index (χ2v) is 39.5. The van der Waals surface area contributed by atoms with Crippen molar-refractivity contribution in [2.45, 2.75) is 245 Å². The zero-order valence-corrected chi connectivity index (χ0v) is 83.2. The highest BCUT2D eigenvalue weighted by atomic mass is 35.5. The lowest BCUT2D eigenvalue weighted by Crippen LogP contribution is -2.65. The van der Waals surface area contributed by atoms with E-state index in [0.717, 1.165) is 157 Å². The van der Waals surface area contributed by atoms with Gasteiger partial charge in [-0.3, -0.25) is 43.2 Å². The van der Waals surface area contributed by atoms with Gasteiger partial charge in [0.2, 0.25) is 71.5 Å². The number of nitrogens with two attached hydrogens (primary N) is 2. The minimum absolute atomic E-state index is 0.0342. The highest BCUT2D eigenvalue weighted by Crippen LogP contribution is 2.51. The van der Waals surface area contributed by atoms with Gasteiger partial charge in [-0.05, 0) is 214 Å². The van der Waals surface area contributed by atoms with Crippen LogP contribution in [0.15, 0.2) is 115 Å². The molecule has 10 heterocycles. The molecule has 9 amide bonds. The van der Waals surface area contributed by atoms with Crippen LogP contribution in [0.5, 0.6) is 69.0 Å². The Morgan fingerprint density at radius 1 is 0.497 bits per heavy atom. The van der Waals surface area contributed by atoms with Gasteiger partial charge in [-0.2, -0.15) is 0 Å². The van der Waals surface area contributed by atoms with Crippen LogP contribution in [0.3, 0.4) is 0 Å². The molecule has 17 bridgehead atoms. The first kappa shape index (κ1) is 111. The summed E-state index contributed by atoms with van der Waals surface area (Å²) in [5.74, 6) is -17.5. The second kappa shape index (κ2) is 49.7. The number of phenols is 4. The Morgan fingerprint density at radius 3 is 1.67 bits per heavy atom. The molecule has 0 saturated carbocycles. The minimum Gasteiger partial charge on any atom is -0.508 e. The van der Waals surface area contributed by atoms with E-state index in [-0.39, 0.29) is 63.9 Å². The first-order chi connectivity index (χ1) is 71.3. The predicted molar refractivity (Wildman–Crippen MR) is 528 cm³/mol. The van der Waals surface area contributed by atoms with Gasteiger partial charge in [0.15, 0.2) is 29.3 Å². The zero-order valence-electron chi connectivity index (χ0n) is 81.7. The Bertz CT molecular complexity index is 5980. The summed E-state index contributed by atoms with van der Waals surface area (Å²) >= 11 is 15.0. The number of nitrogens with one attached hydrogen (secondary N) is 9. The summed E-state index contributed by atoms with van der Waals surface area (Å²) in [5.41, 5.74) is 9.38. The number of phenolic OH excluding ortho intramolecular Hbond substituents is 4. The summed E-state index contributed by atoms with van der Waals surface area (Å²) < 4.78 is 58.7. The Hall–Kier alpha value is -12.2. The van der Waals surface area contributed by atoms with E-state index in [1.54, 1.807) is 0 Å². The third-order valence-electron chi connectivity index (χ3n) is 27.4. The van der Waals surface area contributed by atoms with Crippen LogP contribution in [0.25, 0.3) is 11.1 Å². The van der Waals surface area contributed by atoms with Gasteiger partial charge >= 0.3 is 0 Å². The zero-order chi connectivity index (χ0) is 107. The Kier molecular flexibility index (Phi) is 37.0. The maximum atomic E-state index is 17.3. The van der Waals surface area contributed by atoms with Crippen LogP contribution in [-0.2, 0) is 68.5 Å². The lowest BCUT2D eigenvalue weighted by molar-refractivity contribution is -0.284. The van der Waals surface area contributed by atoms with Crippen molar-refractivity contribution in [1.29, 1.82) is 0 Å². The Labute approximate surface area is 865 Å². The summed E-state index contributed by atoms with van der Waals surface area (Å²) in [5, 5.41) is 186. The molecule has 10 aliphatic heterocycles. The third-order valence-corrected chi connectivity index (χ3v) is 28.0. The molecule has 0 radical (unpaired) electrons. The van der Waals surface area contributed by atoms with Gasteiger partial charge in [-0.25, -0.2) is 0 Å². The maximum absolute atomic E-state index is 17.3. The maximum Gasteiger partial charge on any atom is 0.248 e. The highest BCUT2D eigenvalue weighted by molar-refractivity contribution is 6.32. The van der Waals surface area contributed by atoms with Gasteiger partial charge in [0.05, 0.1) is 29.9 Å². The molecule has 4 fully saturated rings. The first-order valence-electron chi connectivity index (χ1n) is 49.6. The average Bonchev–Trinajstić information content (AvgIpc) is 0.825. The van der Waals surface area contributed by atoms with E-state index in [2.05, 4.69) is 71.5 Å². The number of unbranched alkanes of at least 4 members (excludes halogenated alkanes) is 3. The van der Waals surface area contributed by atoms with Crippen LogP contribution in [0.2, 0.25) is 10.0 Å². The molecule has 149 heavy (non-hydrogen) atoms. The normalized spacial score (nSPS) is 28.2. The van der Waals surface area contributed by atoms with Gasteiger partial charge in [0.1, 0.15) is 162 Å². The molecule has 17 rings (SSSR count). The molecule has 806 valence electrons. The van der Waals surface area contributed by atoms with E-state index in [9.17, 15) is 85.9 Å². The number of ether oxygens (including phenoxy) is 9. The van der Waals surface area contributed by atoms with Crippen molar-refractivity contribution < 1.29 is 157 Å². The van der Waals surface area contributed by atoms with E-state index in [4.69, 9.17) is 77.3 Å². The first-order valence-corrected chi connectivity index (χ1v) is 50.4. The van der Waals surface area contributed by atoms with Gasteiger partial charge in [-0.15, -0.1) is 0 Å². The van der Waals surface area contributed by atoms with Crippen molar-refractivity contribution in [2.24, 2.45) is 17.4 Å². The number of benzene rings is 7. The van der Waals surface area contributed by atoms with Gasteiger partial charge in [-0.1, -0.05) is 87.0 Å². The fourth-order valence-electron chi connectivity index (χ4n) is 19.4. The number of halogens is 2. The van der Waals surface area contributed by atoms with Crippen LogP contribution in [-0.4, -0.2) is 311 Å². The summed E-state index contributed by atoms with van der Waals surface area (Å²) in [6.07, 6.45) is -21.2. The Balaban J connectivity index is 0.967. The summed E-state index contributed by atoms with van der Waals surface area (Å²) in [4.78, 5) is 147. The molecule has 47 heteroatoms. The monoisotopic (exact) mass is 2120 g/mol. The summed E-state index contributed by atoms with van der Waals surface area (Å²) in [6.45, 7) is 6.84. The second-order valence-electron chi connectivity index (χ2n) is 38.7. The summed E-state index contributed by atoms with van der Waals surface area (Å²) in [6, 6.07) is 2.12. The third kappa shape index (κ3) is 26.4. The molecule has 10 aliphatic rings. The summed E-state index contributed by atoms with van der Waals surface area (Å²) in [7, 11) is 0. The largest absolute Gasteiger partial charge is 0.508 e. The van der Waals surface area contributed by atoms with E-state index in [1.807, 2.05) is 0 Å². The number of fused-ring (bicyclic) bond motifs is 14. The lowest BCUT2D eigenvalue weighted by atomic mass is 9.89. The Morgan fingerprint density at radius 2 is 1.05 bits per heavy atom. The van der Waals surface area contributed by atoms with Gasteiger partial charge < -0.3 is 183 Å². The lowest BCUT2D eigenvalue weighted by Gasteiger charge is -2.44. The molecular weight excluding hydrogens is 1990 g/mol. The molecule has 7 aromatic rings. The van der Waals surface area contributed by atoms with Crippen LogP contribution < -0.4 is 83.0 Å². The van der Waals surface area contributed by atoms with Crippen molar-refractivity contribution in [3.05, 3.63) is 164 Å². The molecule has 45 nitrogen and oxygen atoms in total. The number of aromatic hydroxyl groups is 4. The number of amides is 9. The van der Waals surface area contributed by atoms with Crippen LogP contribution in [0, 0.1) is 5.92 Å². The van der Waals surface area contributed by atoms with Gasteiger partial charge in [0.25, 0.3) is 0 Å². The number of aliphatic hydroxyl groups is 10. The SMILES string of the molecule is CC(=O)N[C@@H]1[C@H](O[C@@H]2c3ccc(c(Cl)c3)Oc3cc4cc(c3O[C@@H]3O[C@@H](CO)[C@@H](O)[C@H](O)[C@@H]3NC(=O)CCCCCCC(C)C)Oc3ccc(cc3Cl)C[C@H]3NC(=O)[C@H](N)c5ccc(O)c(c5)Oc5cc(O)cc(c5)[C@H](NC3=O)C(=O)N[C@H]4C(=O)N[C@H]3C(=O)N[C@@H]2C(=O)N[C@H](C(=O)NCCCN2CCCCN(CCCN)CCCC2)c2cc(O)cc(O[C@H]4O[C@H](CO)[C@@H](O)[C@@H](O)[C@@H]4O)c2-c2cc3ccc2O)O[C@@H](CO)[C@@H](O)[C@@H]1O. The number of nitrogens with zero attached hydrogens (tertiary/aromatic N) is 2. The van der Waals surface area contributed by atoms with Crippen LogP contribution in [0.4, 0.5) is 0 Å². The smallest absolute Gasteiger partial charge is 0.248 e. The van der Waals surface area contributed by atoms with Crippen LogP contribution >= 0.6 is 23.2 Å². The van der Waals surface area contributed by atoms with Crippen molar-refractivity contribution in [1.82, 2.24) is 57.7 Å². The molecule has 0 unspecified atom stereocenters. The van der Waals surface area contributed by atoms with Crippen molar-refractivity contribution >= 4 is 76.4 Å². The molecule has 4 saturated heterocycles. The topological polar surface area (TPSA) is 687 Å². The van der Waals surface area contributed by atoms with E-state index in [1.165, 1.54) is 36.4 Å². The minimum atomic E-state index is -2.53. The molecule has 0 aromatic heterocycles. The van der Waals surface area contributed by atoms with Gasteiger partial charge in [0, 0.05) is 49.6 Å². The molecule has 0 aliphatic carbocycles. The van der Waals surface area contributed by atoms with Crippen molar-refractivity contribution in [3.8, 4) is 80.1 Å². The number of hydrogen-bond donors (Lipinski definition) is 25. The molecule has 27 N–H and O–H groups in total. The molecule has 23 atom stereocenters. The highest BCUT2D eigenvalue weighted by Gasteiger charge is 2.53. The molecular formula is C102H127Cl2N13O32. The van der Waals surface area contributed by atoms with E-state index < -0.39 is 304 Å². The standard InChI is InChI=1S/C102H127Cl2N13O32/c1-47(2)14-6-4-5-7-15-74(126)110-82-88(131)85(128)72(45-119)146-101(82)149-92-69-39-54-40-70(92)143-66-23-19-52(37-61(66)104)91(148-100-81(108-48(3)121)87(130)84(127)71(44-118)145-100)83-99(140)114-80(95(136)107-25-13-31-117-28-10-8-26-116(30-12-24-105)27-9-11-29-117)59-42-56(123)43-68(144-102-90(133)89(132)86(129)73(46-120)147-102)75(59)58-36-51(18-20-63(58)124)77(96(137)115-83)112-98(139)79(54)113-97(138)78-53-34-55(122)41-57(35-53)141-67-38-50(17-21-64(67)125)76(106)94(135)109-62(93(134)111-78)33-49-16-22-65(142-69)60(103)32-49/h16-23,32,34-43,47,62,71-73,76-91,100-102,118-120,122-125,127-133H,4-15,24-31,33,44-46,105-106H2,1-3H3,(H,107,136)(H,108,121)(H,109,135)(H,110,126)(H,111,134)(H,112,139)(H,113,138)(H,114,140)(H,115,137)/t62-,71+,72+,73-,76-,77-,78+,79-,80+,81+,82+,83+,84-,85-,86-,87-,88-,89-,90+,91-,100+,101+,102+/m1/s1. The van der Waals surface area contributed by atoms with Crippen molar-refractivity contribution in [2.75, 3.05) is 72.2 Å². The number of hydrogen-bond acceptors (Lipinski definition) is 36. The fourth-order valence-corrected chi connectivity index (χ4v) is 19.9. The number of carbonyl (C=O) groups excluding carboxylic acids is 9. The number of carbonyl (C=O) groups is 9. The number of rotatable bonds is 26. The van der Waals surface area contributed by atoms with E-state index >= 15 is 28.8 Å². The quantitative estimate of drug-likeness (QED) is 0.0345. The average molecular weight is 2120 g/mol. The van der Waals surface area contributed by atoms with Crippen molar-refractivity contribution in [3.63, 3.8) is 0 Å². The predicted octanol–water partition coefficient (Wildman–Crippen LogP) is 1.97. The fraction of sp³-hybridized carbons (Fsp3) is 0.500. The van der Waals surface area contributed by atoms with Crippen LogP contribution in [0.1, 0.15) is 173 Å². The molecule has 0 spiro atoms. The van der Waals surface area contributed by atoms with E-state index in [0.29, 0.717) is 44.9 Å². The molecule has 7 aromatic carbocycles. The number of aliphatic hydroxyl groups excluding tert-OH is 10.